The molecule has 6 nitrogen and oxygen atoms in total. The van der Waals surface area contributed by atoms with Crippen LogP contribution in [0.1, 0.15) is 21.5 Å². The average Bonchev–Trinajstić information content (AvgIpc) is 3.10. The van der Waals surface area contributed by atoms with Crippen LogP contribution in [0.3, 0.4) is 0 Å². The zero-order valence-electron chi connectivity index (χ0n) is 15.7. The van der Waals surface area contributed by atoms with Crippen LogP contribution >= 0.6 is 0 Å². The molecule has 0 aliphatic heterocycles. The van der Waals surface area contributed by atoms with Gasteiger partial charge in [0.2, 0.25) is 0 Å². The molecule has 3 aromatic rings. The Balaban J connectivity index is 1.73. The lowest BCUT2D eigenvalue weighted by molar-refractivity contribution is 0.102. The van der Waals surface area contributed by atoms with Gasteiger partial charge in [0.25, 0.3) is 5.91 Å². The summed E-state index contributed by atoms with van der Waals surface area (Å²) in [6, 6.07) is 13.0. The van der Waals surface area contributed by atoms with E-state index in [4.69, 9.17) is 9.47 Å². The molecule has 3 rings (SSSR count). The molecule has 0 spiro atoms. The number of nitrogens with zero attached hydrogens (tertiary/aromatic N) is 2. The smallest absolute Gasteiger partial charge is 0.255 e. The van der Waals surface area contributed by atoms with Gasteiger partial charge in [0.05, 0.1) is 24.2 Å². The van der Waals surface area contributed by atoms with E-state index in [0.29, 0.717) is 30.2 Å². The molecule has 0 radical (unpaired) electrons. The van der Waals surface area contributed by atoms with Crippen molar-refractivity contribution in [1.82, 2.24) is 9.78 Å². The predicted molar refractivity (Wildman–Crippen MR) is 105 cm³/mol. The standard InChI is InChI=1S/C21H23N3O3/c1-15-4-9-19(20(12-15)27-11-10-26-3)23-21(25)17-5-7-18(8-6-17)24-14-16(2)13-22-24/h4-9,12-14H,10-11H2,1-3H3,(H,23,25). The van der Waals surface area contributed by atoms with E-state index in [9.17, 15) is 4.79 Å². The molecule has 0 unspecified atom stereocenters. The first-order chi connectivity index (χ1) is 13.1. The molecule has 0 aliphatic rings. The summed E-state index contributed by atoms with van der Waals surface area (Å²) in [7, 11) is 1.62. The van der Waals surface area contributed by atoms with Gasteiger partial charge in [-0.3, -0.25) is 4.79 Å². The molecular formula is C21H23N3O3. The summed E-state index contributed by atoms with van der Waals surface area (Å²) < 4.78 is 12.5. The van der Waals surface area contributed by atoms with Crippen molar-refractivity contribution in [2.45, 2.75) is 13.8 Å². The van der Waals surface area contributed by atoms with Gasteiger partial charge >= 0.3 is 0 Å². The van der Waals surface area contributed by atoms with Crippen molar-refractivity contribution in [3.8, 4) is 11.4 Å². The topological polar surface area (TPSA) is 65.4 Å². The summed E-state index contributed by atoms with van der Waals surface area (Å²) in [5, 5.41) is 7.19. The Morgan fingerprint density at radius 1 is 1.07 bits per heavy atom. The molecule has 0 bridgehead atoms. The molecule has 0 saturated heterocycles. The lowest BCUT2D eigenvalue weighted by Gasteiger charge is -2.13. The summed E-state index contributed by atoms with van der Waals surface area (Å²) in [5.74, 6) is 0.433. The van der Waals surface area contributed by atoms with Gasteiger partial charge in [-0.1, -0.05) is 6.07 Å². The van der Waals surface area contributed by atoms with Crippen molar-refractivity contribution in [1.29, 1.82) is 0 Å². The first kappa shape index (κ1) is 18.7. The molecule has 1 aromatic heterocycles. The van der Waals surface area contributed by atoms with Gasteiger partial charge < -0.3 is 14.8 Å². The summed E-state index contributed by atoms with van der Waals surface area (Å²) in [6.45, 7) is 4.86. The SMILES string of the molecule is COCCOc1cc(C)ccc1NC(=O)c1ccc(-n2cc(C)cn2)cc1. The monoisotopic (exact) mass is 365 g/mol. The van der Waals surface area contributed by atoms with Gasteiger partial charge in [-0.25, -0.2) is 4.68 Å². The number of nitrogens with one attached hydrogen (secondary N) is 1. The van der Waals surface area contributed by atoms with Crippen molar-refractivity contribution in [3.63, 3.8) is 0 Å². The van der Waals surface area contributed by atoms with Crippen molar-refractivity contribution in [2.24, 2.45) is 0 Å². The van der Waals surface area contributed by atoms with Crippen LogP contribution in [0.4, 0.5) is 5.69 Å². The zero-order chi connectivity index (χ0) is 19.2. The van der Waals surface area contributed by atoms with Crippen molar-refractivity contribution in [2.75, 3.05) is 25.6 Å². The lowest BCUT2D eigenvalue weighted by atomic mass is 10.1. The van der Waals surface area contributed by atoms with Crippen molar-refractivity contribution in [3.05, 3.63) is 71.5 Å². The molecule has 0 atom stereocenters. The van der Waals surface area contributed by atoms with Crippen LogP contribution in [0, 0.1) is 13.8 Å². The minimum atomic E-state index is -0.196. The second kappa shape index (κ2) is 8.51. The second-order valence-electron chi connectivity index (χ2n) is 6.30. The molecule has 1 heterocycles. The van der Waals surface area contributed by atoms with E-state index >= 15 is 0 Å². The van der Waals surface area contributed by atoms with Crippen LogP contribution in [0.25, 0.3) is 5.69 Å². The van der Waals surface area contributed by atoms with Crippen LogP contribution in [0.15, 0.2) is 54.9 Å². The number of aryl methyl sites for hydroxylation is 2. The van der Waals surface area contributed by atoms with E-state index in [1.54, 1.807) is 30.1 Å². The highest BCUT2D eigenvalue weighted by Gasteiger charge is 2.11. The minimum absolute atomic E-state index is 0.196. The third kappa shape index (κ3) is 4.74. The van der Waals surface area contributed by atoms with E-state index in [1.807, 2.05) is 50.4 Å². The third-order valence-electron chi connectivity index (χ3n) is 4.04. The van der Waals surface area contributed by atoms with E-state index in [2.05, 4.69) is 10.4 Å². The van der Waals surface area contributed by atoms with Crippen molar-refractivity contribution < 1.29 is 14.3 Å². The second-order valence-corrected chi connectivity index (χ2v) is 6.30. The number of rotatable bonds is 7. The van der Waals surface area contributed by atoms with Crippen LogP contribution in [-0.4, -0.2) is 36.0 Å². The first-order valence-electron chi connectivity index (χ1n) is 8.72. The normalized spacial score (nSPS) is 10.6. The van der Waals surface area contributed by atoms with Gasteiger partial charge in [-0.05, 0) is 61.4 Å². The number of methoxy groups -OCH3 is 1. The highest BCUT2D eigenvalue weighted by atomic mass is 16.5. The van der Waals surface area contributed by atoms with Gasteiger partial charge in [0.15, 0.2) is 0 Å². The number of anilines is 1. The molecule has 27 heavy (non-hydrogen) atoms. The molecule has 0 fully saturated rings. The number of hydrogen-bond acceptors (Lipinski definition) is 4. The number of carbonyl (C=O) groups excluding carboxylic acids is 1. The number of carbonyl (C=O) groups is 1. The highest BCUT2D eigenvalue weighted by Crippen LogP contribution is 2.26. The fourth-order valence-corrected chi connectivity index (χ4v) is 2.60. The molecule has 0 aliphatic carbocycles. The number of hydrogen-bond donors (Lipinski definition) is 1. The Morgan fingerprint density at radius 3 is 2.52 bits per heavy atom. The van der Waals surface area contributed by atoms with Crippen molar-refractivity contribution >= 4 is 11.6 Å². The molecule has 2 aromatic carbocycles. The van der Waals surface area contributed by atoms with E-state index in [1.165, 1.54) is 0 Å². The first-order valence-corrected chi connectivity index (χ1v) is 8.72. The fourth-order valence-electron chi connectivity index (χ4n) is 2.60. The van der Waals surface area contributed by atoms with Crippen LogP contribution in [-0.2, 0) is 4.74 Å². The molecule has 1 N–H and O–H groups in total. The average molecular weight is 365 g/mol. The Labute approximate surface area is 158 Å². The summed E-state index contributed by atoms with van der Waals surface area (Å²) in [5.41, 5.74) is 4.23. The molecule has 6 heteroatoms. The summed E-state index contributed by atoms with van der Waals surface area (Å²) in [4.78, 5) is 12.6. The minimum Gasteiger partial charge on any atom is -0.489 e. The van der Waals surface area contributed by atoms with Gasteiger partial charge in [0.1, 0.15) is 12.4 Å². The number of ether oxygens (including phenoxy) is 2. The van der Waals surface area contributed by atoms with E-state index in [-0.39, 0.29) is 5.91 Å². The fraction of sp³-hybridized carbons (Fsp3) is 0.238. The van der Waals surface area contributed by atoms with Gasteiger partial charge in [-0.2, -0.15) is 5.10 Å². The van der Waals surface area contributed by atoms with Crippen LogP contribution in [0.5, 0.6) is 5.75 Å². The van der Waals surface area contributed by atoms with E-state index < -0.39 is 0 Å². The Kier molecular flexibility index (Phi) is 5.88. The molecular weight excluding hydrogens is 342 g/mol. The van der Waals surface area contributed by atoms with Gasteiger partial charge in [-0.15, -0.1) is 0 Å². The largest absolute Gasteiger partial charge is 0.489 e. The number of amides is 1. The summed E-state index contributed by atoms with van der Waals surface area (Å²) in [6.07, 6.45) is 3.73. The quantitative estimate of drug-likeness (QED) is 0.648. The summed E-state index contributed by atoms with van der Waals surface area (Å²) >= 11 is 0. The maximum atomic E-state index is 12.6. The van der Waals surface area contributed by atoms with Crippen LogP contribution in [0.2, 0.25) is 0 Å². The lowest BCUT2D eigenvalue weighted by Crippen LogP contribution is -2.14. The Hall–Kier alpha value is -3.12. The molecule has 140 valence electrons. The van der Waals surface area contributed by atoms with E-state index in [0.717, 1.165) is 16.8 Å². The maximum absolute atomic E-state index is 12.6. The molecule has 1 amide bonds. The van der Waals surface area contributed by atoms with Gasteiger partial charge in [0, 0.05) is 18.9 Å². The highest BCUT2D eigenvalue weighted by molar-refractivity contribution is 6.05. The molecule has 0 saturated carbocycles. The number of aromatic nitrogens is 2. The Bertz CT molecular complexity index is 917. The zero-order valence-corrected chi connectivity index (χ0v) is 15.7. The van der Waals surface area contributed by atoms with Crippen LogP contribution < -0.4 is 10.1 Å². The third-order valence-corrected chi connectivity index (χ3v) is 4.04. The maximum Gasteiger partial charge on any atom is 0.255 e. The number of benzene rings is 2. The Morgan fingerprint density at radius 2 is 1.85 bits per heavy atom. The predicted octanol–water partition coefficient (Wildman–Crippen LogP) is 3.77.